The summed E-state index contributed by atoms with van der Waals surface area (Å²) in [7, 11) is 1.79. The summed E-state index contributed by atoms with van der Waals surface area (Å²) in [6, 6.07) is -0.769. The van der Waals surface area contributed by atoms with Crippen LogP contribution in [-0.2, 0) is 4.79 Å². The molecule has 13 heavy (non-hydrogen) atoms. The first-order valence-electron chi connectivity index (χ1n) is 4.36. The molecule has 1 aliphatic rings. The Labute approximate surface area is 77.5 Å². The minimum absolute atomic E-state index is 0.0950. The van der Waals surface area contributed by atoms with Crippen LogP contribution in [0.15, 0.2) is 0 Å². The topological polar surface area (TPSA) is 61.4 Å². The van der Waals surface area contributed by atoms with Gasteiger partial charge in [0.25, 0.3) is 5.91 Å². The average Bonchev–Trinajstić information content (AvgIpc) is 2.27. The molecule has 0 aromatic heterocycles. The lowest BCUT2D eigenvalue weighted by Gasteiger charge is -2.20. The van der Waals surface area contributed by atoms with Crippen LogP contribution in [0.2, 0.25) is 0 Å². The van der Waals surface area contributed by atoms with Crippen LogP contribution in [0.5, 0.6) is 0 Å². The maximum atomic E-state index is 11.4. The lowest BCUT2D eigenvalue weighted by molar-refractivity contribution is -0.128. The molecule has 0 aromatic carbocycles. The molecule has 0 saturated carbocycles. The molecule has 0 aromatic rings. The van der Waals surface area contributed by atoms with Gasteiger partial charge in [-0.25, -0.2) is 4.79 Å². The van der Waals surface area contributed by atoms with E-state index in [2.05, 4.69) is 10.6 Å². The number of carbonyl (C=O) groups excluding carboxylic acids is 2. The van der Waals surface area contributed by atoms with Gasteiger partial charge in [0, 0.05) is 6.54 Å². The predicted octanol–water partition coefficient (Wildman–Crippen LogP) is -0.465. The van der Waals surface area contributed by atoms with Crippen molar-refractivity contribution in [3.8, 4) is 0 Å². The lowest BCUT2D eigenvalue weighted by Crippen LogP contribution is -2.43. The van der Waals surface area contributed by atoms with Crippen molar-refractivity contribution in [3.63, 3.8) is 0 Å². The number of rotatable bonds is 3. The third-order valence-corrected chi connectivity index (χ3v) is 2.11. The number of amides is 3. The van der Waals surface area contributed by atoms with E-state index < -0.39 is 0 Å². The average molecular weight is 185 g/mol. The van der Waals surface area contributed by atoms with Gasteiger partial charge in [-0.1, -0.05) is 0 Å². The van der Waals surface area contributed by atoms with Gasteiger partial charge >= 0.3 is 6.03 Å². The molecule has 1 heterocycles. The van der Waals surface area contributed by atoms with Gasteiger partial charge in [-0.2, -0.15) is 0 Å². The van der Waals surface area contributed by atoms with Crippen molar-refractivity contribution >= 4 is 11.9 Å². The predicted molar refractivity (Wildman–Crippen MR) is 48.2 cm³/mol. The van der Waals surface area contributed by atoms with E-state index >= 15 is 0 Å². The van der Waals surface area contributed by atoms with E-state index in [1.165, 1.54) is 4.90 Å². The van der Waals surface area contributed by atoms with E-state index in [0.29, 0.717) is 6.54 Å². The van der Waals surface area contributed by atoms with Crippen molar-refractivity contribution in [2.75, 3.05) is 13.6 Å². The quantitative estimate of drug-likeness (QED) is 0.585. The number of nitrogens with one attached hydrogen (secondary N) is 2. The molecule has 2 unspecified atom stereocenters. The van der Waals surface area contributed by atoms with Gasteiger partial charge in [-0.15, -0.1) is 0 Å². The first-order valence-corrected chi connectivity index (χ1v) is 4.36. The van der Waals surface area contributed by atoms with Crippen molar-refractivity contribution in [2.45, 2.75) is 25.9 Å². The molecule has 1 aliphatic heterocycles. The SMILES string of the molecule is CNCC(C)N1C(=O)NC(C)C1=O. The first-order chi connectivity index (χ1) is 6.07. The van der Waals surface area contributed by atoms with E-state index in [1.807, 2.05) is 6.92 Å². The molecule has 0 radical (unpaired) electrons. The number of carbonyl (C=O) groups is 2. The van der Waals surface area contributed by atoms with Crippen LogP contribution < -0.4 is 10.6 Å². The molecule has 0 aliphatic carbocycles. The smallest absolute Gasteiger partial charge is 0.325 e. The number of nitrogens with zero attached hydrogens (tertiary/aromatic N) is 1. The highest BCUT2D eigenvalue weighted by molar-refractivity contribution is 6.04. The molecular formula is C8H15N3O2. The zero-order valence-corrected chi connectivity index (χ0v) is 8.13. The van der Waals surface area contributed by atoms with Crippen LogP contribution in [0.3, 0.4) is 0 Å². The van der Waals surface area contributed by atoms with Crippen molar-refractivity contribution in [2.24, 2.45) is 0 Å². The fraction of sp³-hybridized carbons (Fsp3) is 0.750. The number of imide groups is 1. The van der Waals surface area contributed by atoms with Gasteiger partial charge in [-0.05, 0) is 20.9 Å². The molecule has 1 saturated heterocycles. The third kappa shape index (κ3) is 1.80. The van der Waals surface area contributed by atoms with Crippen molar-refractivity contribution in [3.05, 3.63) is 0 Å². The van der Waals surface area contributed by atoms with Crippen molar-refractivity contribution < 1.29 is 9.59 Å². The summed E-state index contributed by atoms with van der Waals surface area (Å²) in [5.74, 6) is -0.146. The summed E-state index contributed by atoms with van der Waals surface area (Å²) >= 11 is 0. The summed E-state index contributed by atoms with van der Waals surface area (Å²) in [6.07, 6.45) is 0. The Balaban J connectivity index is 2.68. The fourth-order valence-corrected chi connectivity index (χ4v) is 1.43. The molecule has 2 atom stereocenters. The largest absolute Gasteiger partial charge is 0.326 e. The van der Waals surface area contributed by atoms with Crippen molar-refractivity contribution in [1.29, 1.82) is 0 Å². The van der Waals surface area contributed by atoms with Gasteiger partial charge in [0.15, 0.2) is 0 Å². The highest BCUT2D eigenvalue weighted by Crippen LogP contribution is 2.09. The van der Waals surface area contributed by atoms with Crippen LogP contribution >= 0.6 is 0 Å². The Morgan fingerprint density at radius 3 is 2.62 bits per heavy atom. The fourth-order valence-electron chi connectivity index (χ4n) is 1.43. The Kier molecular flexibility index (Phi) is 2.87. The summed E-state index contributed by atoms with van der Waals surface area (Å²) in [5, 5.41) is 5.49. The zero-order valence-electron chi connectivity index (χ0n) is 8.13. The zero-order chi connectivity index (χ0) is 10.0. The molecular weight excluding hydrogens is 170 g/mol. The third-order valence-electron chi connectivity index (χ3n) is 2.11. The van der Waals surface area contributed by atoms with E-state index in [4.69, 9.17) is 0 Å². The van der Waals surface area contributed by atoms with E-state index in [1.54, 1.807) is 14.0 Å². The van der Waals surface area contributed by atoms with Crippen LogP contribution in [-0.4, -0.2) is 42.5 Å². The summed E-state index contributed by atoms with van der Waals surface area (Å²) in [5.41, 5.74) is 0. The van der Waals surface area contributed by atoms with Gasteiger partial charge in [0.1, 0.15) is 6.04 Å². The maximum absolute atomic E-state index is 11.4. The second-order valence-electron chi connectivity index (χ2n) is 3.29. The van der Waals surface area contributed by atoms with E-state index in [0.717, 1.165) is 0 Å². The van der Waals surface area contributed by atoms with E-state index in [-0.39, 0.29) is 24.0 Å². The monoisotopic (exact) mass is 185 g/mol. The molecule has 0 bridgehead atoms. The molecule has 0 spiro atoms. The second kappa shape index (κ2) is 3.74. The first kappa shape index (κ1) is 9.98. The molecule has 2 N–H and O–H groups in total. The highest BCUT2D eigenvalue weighted by atomic mass is 16.2. The number of hydrogen-bond donors (Lipinski definition) is 2. The maximum Gasteiger partial charge on any atom is 0.325 e. The van der Waals surface area contributed by atoms with E-state index in [9.17, 15) is 9.59 Å². The highest BCUT2D eigenvalue weighted by Gasteiger charge is 2.37. The Morgan fingerprint density at radius 2 is 2.23 bits per heavy atom. The van der Waals surface area contributed by atoms with Crippen LogP contribution in [0.1, 0.15) is 13.8 Å². The van der Waals surface area contributed by atoms with Gasteiger partial charge in [0.05, 0.1) is 6.04 Å². The summed E-state index contributed by atoms with van der Waals surface area (Å²) in [4.78, 5) is 24.0. The molecule has 5 nitrogen and oxygen atoms in total. The standard InChI is InChI=1S/C8H15N3O2/c1-5(4-9-3)11-7(12)6(2)10-8(11)13/h5-6,9H,4H2,1-3H3,(H,10,13). The Hall–Kier alpha value is -1.10. The summed E-state index contributed by atoms with van der Waals surface area (Å²) in [6.45, 7) is 4.14. The Bertz CT molecular complexity index is 229. The van der Waals surface area contributed by atoms with Crippen LogP contribution in [0.25, 0.3) is 0 Å². The molecule has 1 fully saturated rings. The van der Waals surface area contributed by atoms with Crippen molar-refractivity contribution in [1.82, 2.24) is 15.5 Å². The summed E-state index contributed by atoms with van der Waals surface area (Å²) < 4.78 is 0. The molecule has 74 valence electrons. The van der Waals surface area contributed by atoms with Crippen LogP contribution in [0, 0.1) is 0 Å². The number of likely N-dealkylation sites (N-methyl/N-ethyl adjacent to an activating group) is 1. The lowest BCUT2D eigenvalue weighted by atomic mass is 10.2. The molecule has 3 amide bonds. The number of hydrogen-bond acceptors (Lipinski definition) is 3. The molecule has 1 rings (SSSR count). The second-order valence-corrected chi connectivity index (χ2v) is 3.29. The van der Waals surface area contributed by atoms with Gasteiger partial charge in [0.2, 0.25) is 0 Å². The minimum Gasteiger partial charge on any atom is -0.326 e. The van der Waals surface area contributed by atoms with Crippen LogP contribution in [0.4, 0.5) is 4.79 Å². The Morgan fingerprint density at radius 1 is 1.62 bits per heavy atom. The van der Waals surface area contributed by atoms with Gasteiger partial charge in [-0.3, -0.25) is 9.69 Å². The minimum atomic E-state index is -0.383. The number of urea groups is 1. The normalized spacial score (nSPS) is 24.8. The van der Waals surface area contributed by atoms with Gasteiger partial charge < -0.3 is 10.6 Å². The molecule has 5 heteroatoms.